The monoisotopic (exact) mass is 309 g/mol. The number of nitrogens with one attached hydrogen (secondary N) is 1. The Bertz CT molecular complexity index is 540. The number of amides is 1. The summed E-state index contributed by atoms with van der Waals surface area (Å²) in [7, 11) is 0. The number of carboxylic acids is 1. The van der Waals surface area contributed by atoms with Crippen molar-refractivity contribution in [3.63, 3.8) is 0 Å². The Labute approximate surface area is 129 Å². The Morgan fingerprint density at radius 3 is 2.67 bits per heavy atom. The zero-order valence-corrected chi connectivity index (χ0v) is 13.0. The van der Waals surface area contributed by atoms with Crippen LogP contribution in [-0.2, 0) is 15.0 Å². The number of allylic oxidation sites excluding steroid dienone is 1. The number of halogens is 1. The Morgan fingerprint density at radius 2 is 2.14 bits per heavy atom. The van der Waals surface area contributed by atoms with Gasteiger partial charge in [0.1, 0.15) is 6.04 Å². The third-order valence-corrected chi connectivity index (χ3v) is 3.61. The molecule has 0 heterocycles. The first-order valence-electron chi connectivity index (χ1n) is 6.69. The van der Waals surface area contributed by atoms with Gasteiger partial charge in [-0.1, -0.05) is 29.8 Å². The fourth-order valence-electron chi connectivity index (χ4n) is 1.89. The molecule has 4 nitrogen and oxygen atoms in total. The van der Waals surface area contributed by atoms with E-state index in [0.717, 1.165) is 5.56 Å². The highest BCUT2D eigenvalue weighted by Gasteiger charge is 2.32. The van der Waals surface area contributed by atoms with Gasteiger partial charge in [0.25, 0.3) is 0 Å². The Morgan fingerprint density at radius 1 is 1.48 bits per heavy atom. The van der Waals surface area contributed by atoms with Crippen LogP contribution in [0.25, 0.3) is 0 Å². The van der Waals surface area contributed by atoms with Gasteiger partial charge in [0.2, 0.25) is 5.91 Å². The molecule has 2 N–H and O–H groups in total. The first-order chi connectivity index (χ1) is 9.78. The number of benzene rings is 1. The second-order valence-electron chi connectivity index (χ2n) is 5.37. The summed E-state index contributed by atoms with van der Waals surface area (Å²) < 4.78 is 0. The molecule has 5 heteroatoms. The quantitative estimate of drug-likeness (QED) is 0.760. The minimum atomic E-state index is -1.05. The van der Waals surface area contributed by atoms with E-state index < -0.39 is 17.4 Å². The predicted molar refractivity (Wildman–Crippen MR) is 83.5 cm³/mol. The van der Waals surface area contributed by atoms with Gasteiger partial charge in [0, 0.05) is 5.02 Å². The number of rotatable bonds is 7. The summed E-state index contributed by atoms with van der Waals surface area (Å²) in [5.41, 5.74) is -0.132. The minimum absolute atomic E-state index is 0.316. The first-order valence-corrected chi connectivity index (χ1v) is 7.07. The third-order valence-electron chi connectivity index (χ3n) is 3.38. The molecule has 0 saturated carbocycles. The number of aliphatic carboxylic acids is 1. The van der Waals surface area contributed by atoms with Gasteiger partial charge < -0.3 is 10.4 Å². The summed E-state index contributed by atoms with van der Waals surface area (Å²) in [5, 5.41) is 12.3. The Hall–Kier alpha value is -1.81. The minimum Gasteiger partial charge on any atom is -0.480 e. The van der Waals surface area contributed by atoms with Gasteiger partial charge >= 0.3 is 5.97 Å². The fraction of sp³-hybridized carbons (Fsp3) is 0.375. The molecule has 0 aliphatic rings. The number of carbonyl (C=O) groups is 2. The van der Waals surface area contributed by atoms with Gasteiger partial charge in [-0.3, -0.25) is 4.79 Å². The molecule has 0 fully saturated rings. The van der Waals surface area contributed by atoms with Crippen LogP contribution in [0.4, 0.5) is 0 Å². The zero-order valence-electron chi connectivity index (χ0n) is 12.2. The molecule has 1 rings (SSSR count). The number of carbonyl (C=O) groups excluding carboxylic acids is 1. The van der Waals surface area contributed by atoms with Gasteiger partial charge in [-0.2, -0.15) is 0 Å². The lowest BCUT2D eigenvalue weighted by Gasteiger charge is -2.26. The zero-order chi connectivity index (χ0) is 16.0. The van der Waals surface area contributed by atoms with E-state index >= 15 is 0 Å². The second-order valence-corrected chi connectivity index (χ2v) is 5.80. The van der Waals surface area contributed by atoms with Crippen LogP contribution in [0.3, 0.4) is 0 Å². The highest BCUT2D eigenvalue weighted by molar-refractivity contribution is 6.30. The lowest BCUT2D eigenvalue weighted by atomic mass is 9.83. The molecule has 1 atom stereocenters. The smallest absolute Gasteiger partial charge is 0.326 e. The molecule has 0 aromatic heterocycles. The van der Waals surface area contributed by atoms with Crippen molar-refractivity contribution in [2.24, 2.45) is 0 Å². The Balaban J connectivity index is 2.89. The van der Waals surface area contributed by atoms with Crippen molar-refractivity contribution in [3.05, 3.63) is 47.5 Å². The lowest BCUT2D eigenvalue weighted by Crippen LogP contribution is -2.48. The van der Waals surface area contributed by atoms with Crippen LogP contribution in [0.2, 0.25) is 5.02 Å². The van der Waals surface area contributed by atoms with Crippen molar-refractivity contribution >= 4 is 23.5 Å². The van der Waals surface area contributed by atoms with Crippen LogP contribution in [0.5, 0.6) is 0 Å². The standard InChI is InChI=1S/C16H20ClNO3/c1-4-5-9-13(14(19)20)18-15(21)16(2,3)11-7-6-8-12(17)10-11/h4,6-8,10,13H,1,5,9H2,2-3H3,(H,18,21)(H,19,20). The summed E-state index contributed by atoms with van der Waals surface area (Å²) >= 11 is 5.94. The maximum absolute atomic E-state index is 12.4. The van der Waals surface area contributed by atoms with Crippen molar-refractivity contribution in [2.75, 3.05) is 0 Å². The summed E-state index contributed by atoms with van der Waals surface area (Å²) in [6.45, 7) is 7.03. The van der Waals surface area contributed by atoms with Crippen LogP contribution >= 0.6 is 11.6 Å². The molecular weight excluding hydrogens is 290 g/mol. The van der Waals surface area contributed by atoms with Gasteiger partial charge in [-0.05, 0) is 44.4 Å². The topological polar surface area (TPSA) is 66.4 Å². The molecular formula is C16H20ClNO3. The van der Waals surface area contributed by atoms with Crippen LogP contribution in [0.15, 0.2) is 36.9 Å². The van der Waals surface area contributed by atoms with Crippen LogP contribution in [0.1, 0.15) is 32.3 Å². The van der Waals surface area contributed by atoms with Crippen molar-refractivity contribution in [2.45, 2.75) is 38.1 Å². The normalized spacial score (nSPS) is 12.5. The van der Waals surface area contributed by atoms with Crippen molar-refractivity contribution in [1.82, 2.24) is 5.32 Å². The summed E-state index contributed by atoms with van der Waals surface area (Å²) in [6, 6.07) is 6.07. The van der Waals surface area contributed by atoms with Gasteiger partial charge in [-0.25, -0.2) is 4.79 Å². The average molecular weight is 310 g/mol. The highest BCUT2D eigenvalue weighted by atomic mass is 35.5. The predicted octanol–water partition coefficient (Wildman–Crippen LogP) is 3.15. The summed E-state index contributed by atoms with van der Waals surface area (Å²) in [6.07, 6.45) is 2.47. The number of carboxylic acid groups (broad SMARTS) is 1. The summed E-state index contributed by atoms with van der Waals surface area (Å²) in [4.78, 5) is 23.6. The number of hydrogen-bond acceptors (Lipinski definition) is 2. The maximum atomic E-state index is 12.4. The lowest BCUT2D eigenvalue weighted by molar-refractivity contribution is -0.142. The van der Waals surface area contributed by atoms with Crippen molar-refractivity contribution in [1.29, 1.82) is 0 Å². The highest BCUT2D eigenvalue weighted by Crippen LogP contribution is 2.26. The molecule has 0 aliphatic carbocycles. The molecule has 0 aliphatic heterocycles. The van der Waals surface area contributed by atoms with Gasteiger partial charge in [0.15, 0.2) is 0 Å². The average Bonchev–Trinajstić information content (AvgIpc) is 2.42. The maximum Gasteiger partial charge on any atom is 0.326 e. The van der Waals surface area contributed by atoms with Gasteiger partial charge in [-0.15, -0.1) is 6.58 Å². The van der Waals surface area contributed by atoms with E-state index in [-0.39, 0.29) is 5.91 Å². The molecule has 0 radical (unpaired) electrons. The largest absolute Gasteiger partial charge is 0.480 e. The molecule has 0 bridgehead atoms. The molecule has 1 aromatic carbocycles. The third kappa shape index (κ3) is 4.60. The summed E-state index contributed by atoms with van der Waals surface area (Å²) in [5.74, 6) is -1.40. The van der Waals surface area contributed by atoms with E-state index in [1.165, 1.54) is 0 Å². The van der Waals surface area contributed by atoms with E-state index in [4.69, 9.17) is 16.7 Å². The van der Waals surface area contributed by atoms with Crippen LogP contribution < -0.4 is 5.32 Å². The fourth-order valence-corrected chi connectivity index (χ4v) is 2.08. The SMILES string of the molecule is C=CCCC(NC(=O)C(C)(C)c1cccc(Cl)c1)C(=O)O. The molecule has 0 spiro atoms. The van der Waals surface area contributed by atoms with E-state index in [2.05, 4.69) is 11.9 Å². The molecule has 21 heavy (non-hydrogen) atoms. The first kappa shape index (κ1) is 17.2. The van der Waals surface area contributed by atoms with E-state index in [0.29, 0.717) is 17.9 Å². The number of hydrogen-bond donors (Lipinski definition) is 2. The Kier molecular flexibility index (Phi) is 5.97. The van der Waals surface area contributed by atoms with E-state index in [1.54, 1.807) is 44.2 Å². The van der Waals surface area contributed by atoms with Gasteiger partial charge in [0.05, 0.1) is 5.41 Å². The molecule has 1 unspecified atom stereocenters. The molecule has 0 saturated heterocycles. The molecule has 1 amide bonds. The van der Waals surface area contributed by atoms with E-state index in [9.17, 15) is 9.59 Å². The van der Waals surface area contributed by atoms with Crippen LogP contribution in [0, 0.1) is 0 Å². The van der Waals surface area contributed by atoms with Crippen LogP contribution in [-0.4, -0.2) is 23.0 Å². The van der Waals surface area contributed by atoms with Crippen molar-refractivity contribution < 1.29 is 14.7 Å². The molecule has 1 aromatic rings. The molecule has 114 valence electrons. The van der Waals surface area contributed by atoms with Crippen molar-refractivity contribution in [3.8, 4) is 0 Å². The van der Waals surface area contributed by atoms with E-state index in [1.807, 2.05) is 0 Å². The second kappa shape index (κ2) is 7.27.